The largest absolute Gasteiger partial charge is 0.323 e. The number of nitrogens with zero attached hydrogens (tertiary/aromatic N) is 2. The van der Waals surface area contributed by atoms with Crippen molar-refractivity contribution in [3.63, 3.8) is 0 Å². The van der Waals surface area contributed by atoms with Gasteiger partial charge in [-0.2, -0.15) is 0 Å². The second kappa shape index (κ2) is 5.17. The summed E-state index contributed by atoms with van der Waals surface area (Å²) in [5.74, 6) is 1.19. The molecule has 2 aliphatic rings. The average molecular weight is 341 g/mol. The van der Waals surface area contributed by atoms with Crippen molar-refractivity contribution in [1.82, 2.24) is 4.90 Å². The van der Waals surface area contributed by atoms with Crippen LogP contribution in [0.4, 0.5) is 5.69 Å². The van der Waals surface area contributed by atoms with E-state index in [4.69, 9.17) is 0 Å². The normalized spacial score (nSPS) is 18.1. The van der Waals surface area contributed by atoms with Crippen molar-refractivity contribution in [2.45, 2.75) is 6.42 Å². The zero-order valence-electron chi connectivity index (χ0n) is 10.3. The molecule has 1 fully saturated rings. The van der Waals surface area contributed by atoms with Crippen molar-refractivity contribution >= 4 is 45.2 Å². The molecule has 0 aromatic heterocycles. The maximum atomic E-state index is 12.3. The summed E-state index contributed by atoms with van der Waals surface area (Å²) in [5.41, 5.74) is 2.16. The predicted octanol–water partition coefficient (Wildman–Crippen LogP) is 1.87. The number of rotatable bonds is 2. The molecule has 1 saturated heterocycles. The summed E-state index contributed by atoms with van der Waals surface area (Å²) >= 11 is 4.99. The van der Waals surface area contributed by atoms with Gasteiger partial charge in [0.15, 0.2) is 0 Å². The Hall–Kier alpha value is -1.01. The Morgan fingerprint density at radius 3 is 3.00 bits per heavy atom. The van der Waals surface area contributed by atoms with Crippen LogP contribution in [0.2, 0.25) is 0 Å². The molecule has 4 nitrogen and oxygen atoms in total. The van der Waals surface area contributed by atoms with E-state index in [2.05, 4.69) is 15.9 Å². The van der Waals surface area contributed by atoms with Gasteiger partial charge in [0.1, 0.15) is 6.54 Å². The number of thioether (sulfide) groups is 1. The highest BCUT2D eigenvalue weighted by Crippen LogP contribution is 2.31. The van der Waals surface area contributed by atoms with Crippen molar-refractivity contribution < 1.29 is 9.59 Å². The summed E-state index contributed by atoms with van der Waals surface area (Å²) in [6.45, 7) is 0.900. The number of hydrogen-bond donors (Lipinski definition) is 0. The van der Waals surface area contributed by atoms with Crippen LogP contribution in [0.3, 0.4) is 0 Å². The molecule has 2 heterocycles. The molecule has 2 amide bonds. The molecule has 19 heavy (non-hydrogen) atoms. The third-order valence-corrected chi connectivity index (χ3v) is 4.83. The van der Waals surface area contributed by atoms with Crippen molar-refractivity contribution in [1.29, 1.82) is 0 Å². The van der Waals surface area contributed by atoms with Gasteiger partial charge in [0, 0.05) is 16.7 Å². The third-order valence-electron chi connectivity index (χ3n) is 3.40. The van der Waals surface area contributed by atoms with E-state index in [9.17, 15) is 9.59 Å². The van der Waals surface area contributed by atoms with Gasteiger partial charge < -0.3 is 9.80 Å². The molecule has 1 aromatic carbocycles. The van der Waals surface area contributed by atoms with Gasteiger partial charge in [0.2, 0.25) is 11.8 Å². The molecule has 0 bridgehead atoms. The lowest BCUT2D eigenvalue weighted by Crippen LogP contribution is -2.40. The third kappa shape index (κ3) is 2.51. The number of anilines is 1. The first-order valence-corrected chi connectivity index (χ1v) is 8.04. The molecule has 100 valence electrons. The fourth-order valence-electron chi connectivity index (χ4n) is 2.40. The minimum absolute atomic E-state index is 0.00713. The molecule has 0 N–H and O–H groups in total. The molecule has 3 rings (SSSR count). The number of hydrogen-bond acceptors (Lipinski definition) is 3. The molecule has 1 aromatic rings. The smallest absolute Gasteiger partial charge is 0.246 e. The van der Waals surface area contributed by atoms with E-state index < -0.39 is 0 Å². The van der Waals surface area contributed by atoms with Crippen LogP contribution in [-0.4, -0.2) is 41.4 Å². The Morgan fingerprint density at radius 2 is 2.26 bits per heavy atom. The Balaban J connectivity index is 1.76. The van der Waals surface area contributed by atoms with Crippen molar-refractivity contribution in [3.05, 3.63) is 28.2 Å². The van der Waals surface area contributed by atoms with Crippen LogP contribution in [0.25, 0.3) is 0 Å². The number of halogens is 1. The van der Waals surface area contributed by atoms with Crippen molar-refractivity contribution in [3.8, 4) is 0 Å². The lowest BCUT2D eigenvalue weighted by atomic mass is 10.2. The van der Waals surface area contributed by atoms with Crippen LogP contribution in [0, 0.1) is 0 Å². The van der Waals surface area contributed by atoms with Crippen LogP contribution in [0.15, 0.2) is 22.7 Å². The van der Waals surface area contributed by atoms with Crippen molar-refractivity contribution in [2.24, 2.45) is 0 Å². The maximum absolute atomic E-state index is 12.3. The van der Waals surface area contributed by atoms with Crippen molar-refractivity contribution in [2.75, 3.05) is 29.6 Å². The summed E-state index contributed by atoms with van der Waals surface area (Å²) in [4.78, 5) is 27.3. The quantitative estimate of drug-likeness (QED) is 0.825. The Morgan fingerprint density at radius 1 is 1.42 bits per heavy atom. The van der Waals surface area contributed by atoms with Crippen LogP contribution in [-0.2, 0) is 16.0 Å². The van der Waals surface area contributed by atoms with E-state index >= 15 is 0 Å². The van der Waals surface area contributed by atoms with Gasteiger partial charge in [0.05, 0.1) is 11.6 Å². The summed E-state index contributed by atoms with van der Waals surface area (Å²) in [6.07, 6.45) is 0.886. The molecular weight excluding hydrogens is 328 g/mol. The first kappa shape index (κ1) is 13.0. The van der Waals surface area contributed by atoms with Crippen LogP contribution in [0.1, 0.15) is 5.56 Å². The van der Waals surface area contributed by atoms with Gasteiger partial charge in [0.25, 0.3) is 0 Å². The molecule has 0 aliphatic carbocycles. The predicted molar refractivity (Wildman–Crippen MR) is 79.2 cm³/mol. The molecule has 6 heteroatoms. The molecule has 0 radical (unpaired) electrons. The number of carbonyl (C=O) groups excluding carboxylic acids is 2. The Kier molecular flexibility index (Phi) is 3.54. The number of fused-ring (bicyclic) bond motifs is 1. The Bertz CT molecular complexity index is 549. The molecule has 0 atom stereocenters. The van der Waals surface area contributed by atoms with Crippen LogP contribution in [0.5, 0.6) is 0 Å². The standard InChI is InChI=1S/C13H13BrN2O2S/c14-10-2-1-9-3-4-16(11(9)5-10)12(17)6-15-8-19-7-13(15)18/h1-2,5H,3-4,6-8H2. The Labute approximate surface area is 124 Å². The van der Waals surface area contributed by atoms with Crippen LogP contribution >= 0.6 is 27.7 Å². The van der Waals surface area contributed by atoms with E-state index in [1.807, 2.05) is 18.2 Å². The van der Waals surface area contributed by atoms with E-state index in [0.29, 0.717) is 18.2 Å². The minimum Gasteiger partial charge on any atom is -0.323 e. The summed E-state index contributed by atoms with van der Waals surface area (Å²) in [7, 11) is 0. The van der Waals surface area contributed by atoms with Crippen LogP contribution < -0.4 is 4.90 Å². The van der Waals surface area contributed by atoms with E-state index in [-0.39, 0.29) is 18.4 Å². The minimum atomic E-state index is 0.00713. The fraction of sp³-hybridized carbons (Fsp3) is 0.385. The van der Waals surface area contributed by atoms with Gasteiger partial charge in [-0.3, -0.25) is 9.59 Å². The van der Waals surface area contributed by atoms with Gasteiger partial charge in [-0.1, -0.05) is 22.0 Å². The topological polar surface area (TPSA) is 40.6 Å². The molecule has 0 saturated carbocycles. The summed E-state index contributed by atoms with van der Waals surface area (Å²) < 4.78 is 0.971. The lowest BCUT2D eigenvalue weighted by molar-refractivity contribution is -0.131. The highest BCUT2D eigenvalue weighted by atomic mass is 79.9. The molecule has 0 spiro atoms. The second-order valence-corrected chi connectivity index (χ2v) is 6.51. The van der Waals surface area contributed by atoms with Gasteiger partial charge >= 0.3 is 0 Å². The zero-order chi connectivity index (χ0) is 13.4. The second-order valence-electron chi connectivity index (χ2n) is 4.64. The SMILES string of the molecule is O=C1CSCN1CC(=O)N1CCc2ccc(Br)cc21. The highest BCUT2D eigenvalue weighted by Gasteiger charge is 2.29. The van der Waals surface area contributed by atoms with E-state index in [0.717, 1.165) is 16.6 Å². The monoisotopic (exact) mass is 340 g/mol. The first-order chi connectivity index (χ1) is 9.15. The molecule has 2 aliphatic heterocycles. The van der Waals surface area contributed by atoms with Gasteiger partial charge in [-0.05, 0) is 24.1 Å². The maximum Gasteiger partial charge on any atom is 0.246 e. The fourth-order valence-corrected chi connectivity index (χ4v) is 3.65. The van der Waals surface area contributed by atoms with E-state index in [1.165, 1.54) is 5.56 Å². The van der Waals surface area contributed by atoms with E-state index in [1.54, 1.807) is 21.6 Å². The summed E-state index contributed by atoms with van der Waals surface area (Å²) in [5, 5.41) is 0. The number of carbonyl (C=O) groups is 2. The molecular formula is C13H13BrN2O2S. The first-order valence-electron chi connectivity index (χ1n) is 6.09. The highest BCUT2D eigenvalue weighted by molar-refractivity contribution is 9.10. The zero-order valence-corrected chi connectivity index (χ0v) is 12.7. The average Bonchev–Trinajstić information content (AvgIpc) is 2.96. The van der Waals surface area contributed by atoms with Gasteiger partial charge in [-0.25, -0.2) is 0 Å². The lowest BCUT2D eigenvalue weighted by Gasteiger charge is -2.21. The number of amides is 2. The number of benzene rings is 1. The molecule has 0 unspecified atom stereocenters. The summed E-state index contributed by atoms with van der Waals surface area (Å²) in [6, 6.07) is 6.01. The van der Waals surface area contributed by atoms with Gasteiger partial charge in [-0.15, -0.1) is 11.8 Å².